The number of methoxy groups -OCH3 is 1. The Hall–Kier alpha value is -4.34. The van der Waals surface area contributed by atoms with Crippen molar-refractivity contribution in [3.8, 4) is 5.75 Å². The highest BCUT2D eigenvalue weighted by Gasteiger charge is 2.40. The molecule has 2 unspecified atom stereocenters. The number of anilines is 1. The Bertz CT molecular complexity index is 1250. The van der Waals surface area contributed by atoms with Crippen LogP contribution in [0.5, 0.6) is 5.75 Å². The summed E-state index contributed by atoms with van der Waals surface area (Å²) in [5, 5.41) is 16.2. The van der Waals surface area contributed by atoms with E-state index in [1.54, 1.807) is 37.6 Å². The third-order valence-electron chi connectivity index (χ3n) is 6.13. The molecule has 2 heterocycles. The SMILES string of the molecule is COc1ccc(CC(NC(=O)O)C(=O)N2CCC2C(=O)NCc2ccc3c(N)nccc3c2)cc1. The number of benzene rings is 2. The smallest absolute Gasteiger partial charge is 0.405 e. The lowest BCUT2D eigenvalue weighted by Crippen LogP contribution is -2.62. The Morgan fingerprint density at radius 1 is 1.17 bits per heavy atom. The summed E-state index contributed by atoms with van der Waals surface area (Å²) < 4.78 is 5.13. The summed E-state index contributed by atoms with van der Waals surface area (Å²) in [6.45, 7) is 0.678. The van der Waals surface area contributed by atoms with Gasteiger partial charge in [-0.1, -0.05) is 24.3 Å². The van der Waals surface area contributed by atoms with Gasteiger partial charge in [-0.25, -0.2) is 9.78 Å². The fraction of sp³-hybridized carbons (Fsp3) is 0.280. The highest BCUT2D eigenvalue weighted by atomic mass is 16.5. The van der Waals surface area contributed by atoms with Crippen molar-refractivity contribution < 1.29 is 24.2 Å². The minimum Gasteiger partial charge on any atom is -0.497 e. The number of nitrogen functional groups attached to an aromatic ring is 1. The van der Waals surface area contributed by atoms with Crippen molar-refractivity contribution in [2.45, 2.75) is 31.5 Å². The number of hydrogen-bond donors (Lipinski definition) is 4. The van der Waals surface area contributed by atoms with Crippen LogP contribution in [0.1, 0.15) is 17.5 Å². The summed E-state index contributed by atoms with van der Waals surface area (Å²) in [6.07, 6.45) is 1.01. The molecule has 2 aromatic carbocycles. The largest absolute Gasteiger partial charge is 0.497 e. The number of carbonyl (C=O) groups excluding carboxylic acids is 2. The Morgan fingerprint density at radius 2 is 1.91 bits per heavy atom. The van der Waals surface area contributed by atoms with Crippen LogP contribution in [0.2, 0.25) is 0 Å². The zero-order valence-electron chi connectivity index (χ0n) is 19.2. The maximum Gasteiger partial charge on any atom is 0.405 e. The van der Waals surface area contributed by atoms with E-state index >= 15 is 0 Å². The molecule has 0 bridgehead atoms. The van der Waals surface area contributed by atoms with Crippen LogP contribution in [0.15, 0.2) is 54.7 Å². The first kappa shape index (κ1) is 23.8. The van der Waals surface area contributed by atoms with Crippen LogP contribution >= 0.6 is 0 Å². The number of rotatable bonds is 8. The predicted molar refractivity (Wildman–Crippen MR) is 130 cm³/mol. The standard InChI is InChI=1S/C25H27N5O5/c1-35-18-5-2-15(3-6-18)13-20(29-25(33)34)24(32)30-11-9-21(30)23(31)28-14-16-4-7-19-17(12-16)8-10-27-22(19)26/h2-8,10,12,20-21,29H,9,11,13-14H2,1H3,(H2,26,27)(H,28,31)(H,33,34). The Labute approximate surface area is 202 Å². The molecule has 1 aliphatic heterocycles. The molecular weight excluding hydrogens is 450 g/mol. The van der Waals surface area contributed by atoms with Crippen molar-refractivity contribution in [3.05, 3.63) is 65.9 Å². The molecule has 10 heteroatoms. The molecule has 4 rings (SSSR count). The topological polar surface area (TPSA) is 147 Å². The highest BCUT2D eigenvalue weighted by molar-refractivity contribution is 5.93. The summed E-state index contributed by atoms with van der Waals surface area (Å²) >= 11 is 0. The van der Waals surface area contributed by atoms with Gasteiger partial charge in [-0.15, -0.1) is 0 Å². The van der Waals surface area contributed by atoms with Gasteiger partial charge in [0.15, 0.2) is 0 Å². The maximum absolute atomic E-state index is 13.1. The van der Waals surface area contributed by atoms with Crippen LogP contribution in [0.3, 0.4) is 0 Å². The van der Waals surface area contributed by atoms with Crippen molar-refractivity contribution in [2.75, 3.05) is 19.4 Å². The quantitative estimate of drug-likeness (QED) is 0.388. The summed E-state index contributed by atoms with van der Waals surface area (Å²) in [5.41, 5.74) is 7.55. The van der Waals surface area contributed by atoms with E-state index in [-0.39, 0.29) is 18.9 Å². The normalized spacial score (nSPS) is 15.7. The minimum absolute atomic E-state index is 0.162. The lowest BCUT2D eigenvalue weighted by Gasteiger charge is -2.41. The monoisotopic (exact) mass is 477 g/mol. The second-order valence-electron chi connectivity index (χ2n) is 8.36. The van der Waals surface area contributed by atoms with E-state index in [1.165, 1.54) is 4.90 Å². The van der Waals surface area contributed by atoms with Gasteiger partial charge in [0.25, 0.3) is 0 Å². The van der Waals surface area contributed by atoms with E-state index in [2.05, 4.69) is 15.6 Å². The number of fused-ring (bicyclic) bond motifs is 1. The first-order chi connectivity index (χ1) is 16.9. The van der Waals surface area contributed by atoms with Crippen molar-refractivity contribution in [2.24, 2.45) is 0 Å². The number of hydrogen-bond acceptors (Lipinski definition) is 6. The molecule has 1 saturated heterocycles. The molecule has 1 aromatic heterocycles. The fourth-order valence-corrected chi connectivity index (χ4v) is 4.14. The number of carbonyl (C=O) groups is 3. The van der Waals surface area contributed by atoms with E-state index in [0.717, 1.165) is 21.9 Å². The number of amides is 3. The van der Waals surface area contributed by atoms with E-state index in [1.807, 2.05) is 24.3 Å². The van der Waals surface area contributed by atoms with Gasteiger partial charge in [0.1, 0.15) is 23.7 Å². The van der Waals surface area contributed by atoms with E-state index < -0.39 is 24.1 Å². The van der Waals surface area contributed by atoms with Crippen LogP contribution in [-0.4, -0.2) is 58.6 Å². The van der Waals surface area contributed by atoms with Gasteiger partial charge < -0.3 is 31.1 Å². The molecule has 0 radical (unpaired) electrons. The zero-order chi connectivity index (χ0) is 24.9. The molecule has 182 valence electrons. The number of likely N-dealkylation sites (tertiary alicyclic amines) is 1. The number of nitrogens with one attached hydrogen (secondary N) is 2. The average molecular weight is 478 g/mol. The van der Waals surface area contributed by atoms with E-state index in [0.29, 0.717) is 24.5 Å². The zero-order valence-corrected chi connectivity index (χ0v) is 19.2. The Kier molecular flexibility index (Phi) is 7.00. The Morgan fingerprint density at radius 3 is 2.57 bits per heavy atom. The minimum atomic E-state index is -1.30. The van der Waals surface area contributed by atoms with Crippen LogP contribution in [0.25, 0.3) is 10.8 Å². The molecule has 3 amide bonds. The molecule has 2 atom stereocenters. The van der Waals surface area contributed by atoms with Gasteiger partial charge in [0, 0.05) is 31.1 Å². The van der Waals surface area contributed by atoms with Crippen molar-refractivity contribution in [1.82, 2.24) is 20.5 Å². The van der Waals surface area contributed by atoms with Gasteiger partial charge in [0.05, 0.1) is 7.11 Å². The van der Waals surface area contributed by atoms with Crippen molar-refractivity contribution in [1.29, 1.82) is 0 Å². The molecule has 35 heavy (non-hydrogen) atoms. The lowest BCUT2D eigenvalue weighted by molar-refractivity contribution is -0.148. The van der Waals surface area contributed by atoms with Gasteiger partial charge >= 0.3 is 6.09 Å². The molecule has 5 N–H and O–H groups in total. The van der Waals surface area contributed by atoms with Crippen LogP contribution in [0.4, 0.5) is 10.6 Å². The van der Waals surface area contributed by atoms with Gasteiger partial charge in [-0.2, -0.15) is 0 Å². The molecule has 3 aromatic rings. The first-order valence-corrected chi connectivity index (χ1v) is 11.2. The molecule has 0 spiro atoms. The summed E-state index contributed by atoms with van der Waals surface area (Å²) in [6, 6.07) is 12.9. The fourth-order valence-electron chi connectivity index (χ4n) is 4.14. The van der Waals surface area contributed by atoms with E-state index in [4.69, 9.17) is 10.5 Å². The first-order valence-electron chi connectivity index (χ1n) is 11.2. The van der Waals surface area contributed by atoms with Gasteiger partial charge in [-0.05, 0) is 47.2 Å². The van der Waals surface area contributed by atoms with Crippen molar-refractivity contribution >= 4 is 34.5 Å². The van der Waals surface area contributed by atoms with E-state index in [9.17, 15) is 19.5 Å². The number of nitrogens with zero attached hydrogens (tertiary/aromatic N) is 2. The highest BCUT2D eigenvalue weighted by Crippen LogP contribution is 2.22. The summed E-state index contributed by atoms with van der Waals surface area (Å²) in [7, 11) is 1.55. The van der Waals surface area contributed by atoms with Gasteiger partial charge in [0.2, 0.25) is 11.8 Å². The maximum atomic E-state index is 13.1. The molecule has 0 aliphatic carbocycles. The number of carboxylic acid groups (broad SMARTS) is 1. The molecule has 1 fully saturated rings. The average Bonchev–Trinajstić information content (AvgIpc) is 2.82. The number of pyridine rings is 1. The van der Waals surface area contributed by atoms with Crippen molar-refractivity contribution in [3.63, 3.8) is 0 Å². The number of ether oxygens (including phenoxy) is 1. The Balaban J connectivity index is 1.39. The molecule has 0 saturated carbocycles. The predicted octanol–water partition coefficient (Wildman–Crippen LogP) is 1.92. The third kappa shape index (κ3) is 5.43. The van der Waals surface area contributed by atoms with Crippen LogP contribution in [0, 0.1) is 0 Å². The summed E-state index contributed by atoms with van der Waals surface area (Å²) in [4.78, 5) is 42.8. The molecule has 10 nitrogen and oxygen atoms in total. The van der Waals surface area contributed by atoms with Crippen LogP contribution in [-0.2, 0) is 22.6 Å². The third-order valence-corrected chi connectivity index (χ3v) is 6.13. The summed E-state index contributed by atoms with van der Waals surface area (Å²) in [5.74, 6) is 0.399. The number of aromatic nitrogens is 1. The second kappa shape index (κ2) is 10.3. The molecule has 1 aliphatic rings. The number of nitrogens with two attached hydrogens (primary N) is 1. The molecular formula is C25H27N5O5. The lowest BCUT2D eigenvalue weighted by atomic mass is 9.97. The van der Waals surface area contributed by atoms with Crippen LogP contribution < -0.4 is 21.1 Å². The van der Waals surface area contributed by atoms with Gasteiger partial charge in [-0.3, -0.25) is 9.59 Å². The second-order valence-corrected chi connectivity index (χ2v) is 8.36.